The fraction of sp³-hybridized carbons (Fsp3) is 0.188. The number of phenolic OH excluding ortho intramolecular Hbond substituents is 2. The summed E-state index contributed by atoms with van der Waals surface area (Å²) in [5.41, 5.74) is 7.78. The number of phenols is 2. The van der Waals surface area contributed by atoms with Crippen LogP contribution in [0.3, 0.4) is 0 Å². The SMILES string of the molecule is NC(=O)COc1c2cc(S(=O)(=O)O)cc1Cc1cc(S(=O)(=O)O)cc(c1O)Cc1cc(S(=O)(=O)O)cc(c1OCC(N)=O)Cc1cc(S(=O)(=O)O)cc(c1O)C2. The van der Waals surface area contributed by atoms with Crippen LogP contribution in [0, 0.1) is 0 Å². The van der Waals surface area contributed by atoms with Gasteiger partial charge in [-0.3, -0.25) is 27.8 Å². The molecule has 0 fully saturated rings. The van der Waals surface area contributed by atoms with Crippen LogP contribution in [-0.2, 0) is 75.7 Å². The molecular weight excluding hydrogens is 829 g/mol. The average molecular weight is 859 g/mol. The van der Waals surface area contributed by atoms with Crippen molar-refractivity contribution in [1.82, 2.24) is 0 Å². The molecule has 5 rings (SSSR count). The molecule has 4 aromatic carbocycles. The van der Waals surface area contributed by atoms with Gasteiger partial charge < -0.3 is 31.2 Å². The monoisotopic (exact) mass is 858 g/mol. The highest BCUT2D eigenvalue weighted by molar-refractivity contribution is 7.86. The summed E-state index contributed by atoms with van der Waals surface area (Å²) in [5, 5.41) is 23.2. The number of amides is 2. The topological polar surface area (TPSA) is 363 Å². The van der Waals surface area contributed by atoms with Gasteiger partial charge in [-0.15, -0.1) is 0 Å². The van der Waals surface area contributed by atoms with Gasteiger partial charge in [0.05, 0.1) is 19.6 Å². The molecule has 0 atom stereocenters. The van der Waals surface area contributed by atoms with E-state index in [9.17, 15) is 71.7 Å². The predicted molar refractivity (Wildman–Crippen MR) is 189 cm³/mol. The van der Waals surface area contributed by atoms with Gasteiger partial charge in [-0.1, -0.05) is 0 Å². The summed E-state index contributed by atoms with van der Waals surface area (Å²) >= 11 is 0. The highest BCUT2D eigenvalue weighted by Gasteiger charge is 2.28. The molecule has 8 bridgehead atoms. The maximum absolute atomic E-state index is 12.5. The second kappa shape index (κ2) is 15.0. The van der Waals surface area contributed by atoms with Gasteiger partial charge in [-0.25, -0.2) is 0 Å². The van der Waals surface area contributed by atoms with Crippen molar-refractivity contribution >= 4 is 52.3 Å². The third kappa shape index (κ3) is 9.36. The summed E-state index contributed by atoms with van der Waals surface area (Å²) < 4.78 is 152. The van der Waals surface area contributed by atoms with Crippen molar-refractivity contribution in [2.45, 2.75) is 45.3 Å². The van der Waals surface area contributed by atoms with Crippen LogP contribution >= 0.6 is 0 Å². The predicted octanol–water partition coefficient (Wildman–Crippen LogP) is 0.489. The lowest BCUT2D eigenvalue weighted by atomic mass is 9.91. The number of primary amides is 2. The molecule has 0 unspecified atom stereocenters. The number of hydrogen-bond acceptors (Lipinski definition) is 14. The first-order valence-electron chi connectivity index (χ1n) is 15.5. The summed E-state index contributed by atoms with van der Waals surface area (Å²) in [6, 6.07) is 6.34. The number of carbonyl (C=O) groups is 2. The van der Waals surface area contributed by atoms with Crippen LogP contribution < -0.4 is 20.9 Å². The van der Waals surface area contributed by atoms with Crippen molar-refractivity contribution in [3.8, 4) is 23.0 Å². The first kappa shape index (κ1) is 41.8. The van der Waals surface area contributed by atoms with Gasteiger partial charge in [-0.2, -0.15) is 33.7 Å². The van der Waals surface area contributed by atoms with Crippen molar-refractivity contribution in [3.05, 3.63) is 93.0 Å². The lowest BCUT2D eigenvalue weighted by Crippen LogP contribution is -2.21. The Morgan fingerprint density at radius 3 is 0.821 bits per heavy atom. The van der Waals surface area contributed by atoms with Crippen LogP contribution in [-0.4, -0.2) is 87.1 Å². The number of fused-ring (bicyclic) bond motifs is 8. The molecule has 0 aromatic heterocycles. The number of rotatable bonds is 10. The van der Waals surface area contributed by atoms with E-state index in [1.165, 1.54) is 0 Å². The van der Waals surface area contributed by atoms with E-state index in [0.717, 1.165) is 48.5 Å². The van der Waals surface area contributed by atoms with Crippen LogP contribution in [0.25, 0.3) is 0 Å². The highest BCUT2D eigenvalue weighted by Crippen LogP contribution is 2.41. The van der Waals surface area contributed by atoms with E-state index in [4.69, 9.17) is 20.9 Å². The fourth-order valence-corrected chi connectivity index (χ4v) is 8.37. The molecule has 10 N–H and O–H groups in total. The molecule has 0 saturated carbocycles. The zero-order chi connectivity index (χ0) is 41.7. The lowest BCUT2D eigenvalue weighted by molar-refractivity contribution is -0.120. The van der Waals surface area contributed by atoms with Gasteiger partial charge in [-0.05, 0) is 48.5 Å². The van der Waals surface area contributed by atoms with E-state index >= 15 is 0 Å². The van der Waals surface area contributed by atoms with Gasteiger partial charge in [0, 0.05) is 70.2 Å². The summed E-state index contributed by atoms with van der Waals surface area (Å²) in [6.07, 6.45) is -2.90. The van der Waals surface area contributed by atoms with Crippen LogP contribution in [0.5, 0.6) is 23.0 Å². The maximum Gasteiger partial charge on any atom is 0.294 e. The van der Waals surface area contributed by atoms with Crippen LogP contribution in [0.2, 0.25) is 0 Å². The molecule has 24 heteroatoms. The normalized spacial score (nSPS) is 13.5. The molecule has 56 heavy (non-hydrogen) atoms. The van der Waals surface area contributed by atoms with E-state index in [1.807, 2.05) is 0 Å². The number of aromatic hydroxyl groups is 2. The van der Waals surface area contributed by atoms with E-state index in [1.54, 1.807) is 0 Å². The smallest absolute Gasteiger partial charge is 0.294 e. The van der Waals surface area contributed by atoms with E-state index < -0.39 is 145 Å². The van der Waals surface area contributed by atoms with Crippen LogP contribution in [0.1, 0.15) is 44.5 Å². The minimum Gasteiger partial charge on any atom is -0.507 e. The van der Waals surface area contributed by atoms with E-state index in [0.29, 0.717) is 0 Å². The Kier molecular flexibility index (Phi) is 11.2. The molecule has 300 valence electrons. The number of hydrogen-bond donors (Lipinski definition) is 8. The molecule has 1 aliphatic rings. The van der Waals surface area contributed by atoms with Gasteiger partial charge in [0.15, 0.2) is 13.2 Å². The van der Waals surface area contributed by atoms with Gasteiger partial charge >= 0.3 is 0 Å². The van der Waals surface area contributed by atoms with Gasteiger partial charge in [0.1, 0.15) is 23.0 Å². The summed E-state index contributed by atoms with van der Waals surface area (Å²) in [5.74, 6) is -4.37. The Morgan fingerprint density at radius 2 is 0.643 bits per heavy atom. The highest BCUT2D eigenvalue weighted by atomic mass is 32.2. The minimum absolute atomic E-state index is 0.302. The molecule has 0 radical (unpaired) electrons. The molecule has 0 aliphatic heterocycles. The van der Waals surface area contributed by atoms with Crippen molar-refractivity contribution in [2.75, 3.05) is 13.2 Å². The first-order valence-corrected chi connectivity index (χ1v) is 21.2. The zero-order valence-corrected chi connectivity index (χ0v) is 31.5. The standard InChI is InChI=1S/C32H30N2O18S4/c33-27(35)13-51-31-19-1-15-5-23(53(39,40)41)6-16(29(15)37)2-21-11-26(56(48,49)50)12-22(32(21)52-14-28(34)36)4-18-8-24(54(42,43)44)7-17(30(18)38)3-20(31)10-25(9-19)55(45,46)47/h5-12,37-38H,1-4,13-14H2,(H2,33,35)(H2,34,36)(H,39,40,41)(H,42,43,44)(H,45,46,47)(H,48,49,50). The molecular formula is C32H30N2O18S4. The molecule has 0 saturated heterocycles. The van der Waals surface area contributed by atoms with Crippen molar-refractivity contribution in [1.29, 1.82) is 0 Å². The van der Waals surface area contributed by atoms with Crippen molar-refractivity contribution in [3.63, 3.8) is 0 Å². The second-order valence-electron chi connectivity index (χ2n) is 12.4. The van der Waals surface area contributed by atoms with E-state index in [2.05, 4.69) is 0 Å². The third-order valence-corrected chi connectivity index (χ3v) is 11.7. The number of carbonyl (C=O) groups excluding carboxylic acids is 2. The van der Waals surface area contributed by atoms with E-state index in [-0.39, 0.29) is 33.8 Å². The number of benzene rings is 4. The van der Waals surface area contributed by atoms with Crippen LogP contribution in [0.15, 0.2) is 68.1 Å². The summed E-state index contributed by atoms with van der Waals surface area (Å²) in [7, 11) is -20.4. The zero-order valence-electron chi connectivity index (χ0n) is 28.2. The molecule has 0 heterocycles. The van der Waals surface area contributed by atoms with Crippen molar-refractivity contribution in [2.24, 2.45) is 11.5 Å². The quantitative estimate of drug-likeness (QED) is 0.0886. The Bertz CT molecular complexity index is 2500. The summed E-state index contributed by atoms with van der Waals surface area (Å²) in [4.78, 5) is 20.3. The molecule has 1 aliphatic carbocycles. The Morgan fingerprint density at radius 1 is 0.446 bits per heavy atom. The minimum atomic E-state index is -5.11. The van der Waals surface area contributed by atoms with Crippen molar-refractivity contribution < 1.29 is 81.2 Å². The molecule has 2 amide bonds. The lowest BCUT2D eigenvalue weighted by Gasteiger charge is -2.22. The average Bonchev–Trinajstić information content (AvgIpc) is 3.04. The van der Waals surface area contributed by atoms with Crippen LogP contribution in [0.4, 0.5) is 0 Å². The number of ether oxygens (including phenoxy) is 2. The molecule has 4 aromatic rings. The molecule has 20 nitrogen and oxygen atoms in total. The van der Waals surface area contributed by atoms with Gasteiger partial charge in [0.2, 0.25) is 0 Å². The fourth-order valence-electron chi connectivity index (χ4n) is 6.04. The Labute approximate surface area is 318 Å². The Hall–Kier alpha value is -5.34. The summed E-state index contributed by atoms with van der Waals surface area (Å²) in [6.45, 7) is -1.76. The third-order valence-electron chi connectivity index (χ3n) is 8.35. The first-order chi connectivity index (χ1) is 25.7. The molecule has 0 spiro atoms. The largest absolute Gasteiger partial charge is 0.507 e. The second-order valence-corrected chi connectivity index (χ2v) is 18.1. The Balaban J connectivity index is 1.99. The van der Waals surface area contributed by atoms with Gasteiger partial charge in [0.25, 0.3) is 52.3 Å². The number of nitrogens with two attached hydrogens (primary N) is 2. The maximum atomic E-state index is 12.5.